The molecule has 0 radical (unpaired) electrons. The van der Waals surface area contributed by atoms with Crippen molar-refractivity contribution in [1.29, 1.82) is 0 Å². The summed E-state index contributed by atoms with van der Waals surface area (Å²) in [5.41, 5.74) is 3.38. The Morgan fingerprint density at radius 2 is 1.67 bits per heavy atom. The number of nitrogens with zero attached hydrogens (tertiary/aromatic N) is 2. The van der Waals surface area contributed by atoms with E-state index in [4.69, 9.17) is 4.42 Å². The van der Waals surface area contributed by atoms with Gasteiger partial charge in [0.1, 0.15) is 0 Å². The molecule has 1 unspecified atom stereocenters. The van der Waals surface area contributed by atoms with Crippen LogP contribution in [0.2, 0.25) is 0 Å². The quantitative estimate of drug-likeness (QED) is 0.700. The highest BCUT2D eigenvalue weighted by Gasteiger charge is 2.19. The Bertz CT molecular complexity index is 702. The van der Waals surface area contributed by atoms with Gasteiger partial charge in [0.25, 0.3) is 0 Å². The number of aromatic nitrogens is 2. The normalized spacial score (nSPS) is 12.3. The Balaban J connectivity index is 1.92. The summed E-state index contributed by atoms with van der Waals surface area (Å²) in [6.45, 7) is 4.19. The largest absolute Gasteiger partial charge is 0.420 e. The first-order chi connectivity index (χ1) is 10.3. The van der Waals surface area contributed by atoms with Crippen molar-refractivity contribution >= 4 is 0 Å². The van der Waals surface area contributed by atoms with E-state index < -0.39 is 0 Å². The number of hydrogen-bond donors (Lipinski definition) is 0. The van der Waals surface area contributed by atoms with Crippen molar-refractivity contribution in [3.05, 3.63) is 71.6 Å². The Morgan fingerprint density at radius 3 is 2.33 bits per heavy atom. The SMILES string of the molecule is CCC(c1ccccc1)c1nnc(-c2ccc(C)cc2)o1. The molecule has 0 fully saturated rings. The standard InChI is InChI=1S/C18H18N2O/c1-3-16(14-7-5-4-6-8-14)18-20-19-17(21-18)15-11-9-13(2)10-12-15/h4-12,16H,3H2,1-2H3. The van der Waals surface area contributed by atoms with Gasteiger partial charge in [0, 0.05) is 5.56 Å². The summed E-state index contributed by atoms with van der Waals surface area (Å²) >= 11 is 0. The molecule has 106 valence electrons. The zero-order chi connectivity index (χ0) is 14.7. The third-order valence-corrected chi connectivity index (χ3v) is 3.65. The van der Waals surface area contributed by atoms with E-state index in [0.717, 1.165) is 12.0 Å². The summed E-state index contributed by atoms with van der Waals surface area (Å²) in [4.78, 5) is 0. The molecule has 3 rings (SSSR count). The van der Waals surface area contributed by atoms with Crippen molar-refractivity contribution < 1.29 is 4.42 Å². The van der Waals surface area contributed by atoms with Gasteiger partial charge >= 0.3 is 0 Å². The van der Waals surface area contributed by atoms with Gasteiger partial charge in [-0.1, -0.05) is 55.0 Å². The van der Waals surface area contributed by atoms with Crippen LogP contribution in [0.4, 0.5) is 0 Å². The van der Waals surface area contributed by atoms with Crippen LogP contribution in [-0.4, -0.2) is 10.2 Å². The minimum Gasteiger partial charge on any atom is -0.420 e. The van der Waals surface area contributed by atoms with Gasteiger partial charge in [0.2, 0.25) is 11.8 Å². The molecule has 0 aliphatic rings. The van der Waals surface area contributed by atoms with Gasteiger partial charge in [-0.3, -0.25) is 0 Å². The number of rotatable bonds is 4. The summed E-state index contributed by atoms with van der Waals surface area (Å²) in [6.07, 6.45) is 0.930. The Morgan fingerprint density at radius 1 is 0.952 bits per heavy atom. The third kappa shape index (κ3) is 2.87. The predicted octanol–water partition coefficient (Wildman–Crippen LogP) is 4.59. The van der Waals surface area contributed by atoms with E-state index >= 15 is 0 Å². The van der Waals surface area contributed by atoms with E-state index in [1.54, 1.807) is 0 Å². The maximum absolute atomic E-state index is 5.89. The zero-order valence-electron chi connectivity index (χ0n) is 12.3. The average molecular weight is 278 g/mol. The molecule has 0 saturated carbocycles. The molecule has 0 N–H and O–H groups in total. The van der Waals surface area contributed by atoms with Gasteiger partial charge in [-0.15, -0.1) is 10.2 Å². The number of benzene rings is 2. The van der Waals surface area contributed by atoms with Gasteiger partial charge in [-0.25, -0.2) is 0 Å². The van der Waals surface area contributed by atoms with Crippen LogP contribution in [-0.2, 0) is 0 Å². The third-order valence-electron chi connectivity index (χ3n) is 3.65. The van der Waals surface area contributed by atoms with E-state index in [1.807, 2.05) is 42.5 Å². The number of hydrogen-bond acceptors (Lipinski definition) is 3. The fraction of sp³-hybridized carbons (Fsp3) is 0.222. The minimum atomic E-state index is 0.151. The average Bonchev–Trinajstić information content (AvgIpc) is 2.99. The van der Waals surface area contributed by atoms with Crippen LogP contribution >= 0.6 is 0 Å². The van der Waals surface area contributed by atoms with Crippen LogP contribution in [0.3, 0.4) is 0 Å². The molecule has 0 saturated heterocycles. The minimum absolute atomic E-state index is 0.151. The van der Waals surface area contributed by atoms with E-state index in [2.05, 4.69) is 36.2 Å². The lowest BCUT2D eigenvalue weighted by atomic mass is 9.97. The topological polar surface area (TPSA) is 38.9 Å². The van der Waals surface area contributed by atoms with Gasteiger partial charge in [-0.2, -0.15) is 0 Å². The highest BCUT2D eigenvalue weighted by atomic mass is 16.4. The first-order valence-electron chi connectivity index (χ1n) is 7.23. The monoisotopic (exact) mass is 278 g/mol. The van der Waals surface area contributed by atoms with Crippen molar-refractivity contribution in [3.8, 4) is 11.5 Å². The Labute approximate surface area is 124 Å². The smallest absolute Gasteiger partial charge is 0.247 e. The summed E-state index contributed by atoms with van der Waals surface area (Å²) in [7, 11) is 0. The molecule has 1 heterocycles. The van der Waals surface area contributed by atoms with Crippen LogP contribution in [0.5, 0.6) is 0 Å². The molecular formula is C18H18N2O. The lowest BCUT2D eigenvalue weighted by Crippen LogP contribution is -1.99. The fourth-order valence-electron chi connectivity index (χ4n) is 2.43. The van der Waals surface area contributed by atoms with Crippen molar-refractivity contribution in [2.75, 3.05) is 0 Å². The fourth-order valence-corrected chi connectivity index (χ4v) is 2.43. The maximum atomic E-state index is 5.89. The van der Waals surface area contributed by atoms with E-state index in [9.17, 15) is 0 Å². The molecule has 1 atom stereocenters. The zero-order valence-corrected chi connectivity index (χ0v) is 12.3. The maximum Gasteiger partial charge on any atom is 0.247 e. The molecule has 2 aromatic carbocycles. The highest BCUT2D eigenvalue weighted by molar-refractivity contribution is 5.53. The summed E-state index contributed by atoms with van der Waals surface area (Å²) in [5.74, 6) is 1.41. The van der Waals surface area contributed by atoms with Crippen LogP contribution in [0.15, 0.2) is 59.0 Å². The van der Waals surface area contributed by atoms with Crippen molar-refractivity contribution in [3.63, 3.8) is 0 Å². The van der Waals surface area contributed by atoms with Crippen molar-refractivity contribution in [2.24, 2.45) is 0 Å². The van der Waals surface area contributed by atoms with Crippen molar-refractivity contribution in [1.82, 2.24) is 10.2 Å². The first kappa shape index (κ1) is 13.6. The Kier molecular flexibility index (Phi) is 3.82. The lowest BCUT2D eigenvalue weighted by molar-refractivity contribution is 0.474. The highest BCUT2D eigenvalue weighted by Crippen LogP contribution is 2.29. The lowest BCUT2D eigenvalue weighted by Gasteiger charge is -2.10. The molecule has 21 heavy (non-hydrogen) atoms. The van der Waals surface area contributed by atoms with Gasteiger partial charge in [0.15, 0.2) is 0 Å². The van der Waals surface area contributed by atoms with E-state index in [1.165, 1.54) is 11.1 Å². The molecule has 3 nitrogen and oxygen atoms in total. The number of aryl methyl sites for hydroxylation is 1. The van der Waals surface area contributed by atoms with Crippen LogP contribution < -0.4 is 0 Å². The summed E-state index contributed by atoms with van der Waals surface area (Å²) < 4.78 is 5.89. The molecule has 3 aromatic rings. The second-order valence-electron chi connectivity index (χ2n) is 5.18. The van der Waals surface area contributed by atoms with Gasteiger partial charge in [0.05, 0.1) is 5.92 Å². The first-order valence-corrected chi connectivity index (χ1v) is 7.23. The molecule has 0 amide bonds. The molecule has 0 bridgehead atoms. The summed E-state index contributed by atoms with van der Waals surface area (Å²) in [5, 5.41) is 8.44. The molecular weight excluding hydrogens is 260 g/mol. The molecule has 0 aliphatic carbocycles. The molecule has 3 heteroatoms. The van der Waals surface area contributed by atoms with E-state index in [-0.39, 0.29) is 5.92 Å². The van der Waals surface area contributed by atoms with Gasteiger partial charge in [-0.05, 0) is 31.0 Å². The molecule has 0 aliphatic heterocycles. The summed E-state index contributed by atoms with van der Waals surface area (Å²) in [6, 6.07) is 18.4. The Hall–Kier alpha value is -2.42. The second kappa shape index (κ2) is 5.92. The van der Waals surface area contributed by atoms with E-state index in [0.29, 0.717) is 11.8 Å². The molecule has 1 aromatic heterocycles. The van der Waals surface area contributed by atoms with Gasteiger partial charge < -0.3 is 4.42 Å². The van der Waals surface area contributed by atoms with Crippen LogP contribution in [0.1, 0.15) is 36.3 Å². The molecule has 0 spiro atoms. The van der Waals surface area contributed by atoms with Crippen LogP contribution in [0.25, 0.3) is 11.5 Å². The van der Waals surface area contributed by atoms with Crippen molar-refractivity contribution in [2.45, 2.75) is 26.2 Å². The predicted molar refractivity (Wildman–Crippen MR) is 83.0 cm³/mol. The second-order valence-corrected chi connectivity index (χ2v) is 5.18. The van der Waals surface area contributed by atoms with Crippen LogP contribution in [0, 0.1) is 6.92 Å².